The Bertz CT molecular complexity index is 359. The van der Waals surface area contributed by atoms with Gasteiger partial charge in [-0.1, -0.05) is 11.8 Å². The molecule has 0 saturated carbocycles. The summed E-state index contributed by atoms with van der Waals surface area (Å²) in [5, 5.41) is 13.1. The minimum absolute atomic E-state index is 0.304. The lowest BCUT2D eigenvalue weighted by Gasteiger charge is -1.82. The fraction of sp³-hybridized carbons (Fsp3) is 0.222. The number of carboxylic acids is 1. The van der Waals surface area contributed by atoms with Crippen molar-refractivity contribution in [3.05, 3.63) is 21.9 Å². The van der Waals surface area contributed by atoms with Gasteiger partial charge in [-0.15, -0.1) is 11.3 Å². The van der Waals surface area contributed by atoms with Crippen LogP contribution in [0.3, 0.4) is 0 Å². The van der Waals surface area contributed by atoms with Gasteiger partial charge >= 0.3 is 5.97 Å². The molecule has 1 heterocycles. The summed E-state index contributed by atoms with van der Waals surface area (Å²) in [6.07, 6.45) is 0. The van der Waals surface area contributed by atoms with Gasteiger partial charge in [0.25, 0.3) is 0 Å². The van der Waals surface area contributed by atoms with Crippen molar-refractivity contribution in [1.82, 2.24) is 5.32 Å². The van der Waals surface area contributed by atoms with E-state index in [1.54, 1.807) is 11.4 Å². The van der Waals surface area contributed by atoms with Crippen LogP contribution in [0.2, 0.25) is 0 Å². The van der Waals surface area contributed by atoms with Crippen LogP contribution in [0.1, 0.15) is 15.2 Å². The van der Waals surface area contributed by atoms with E-state index in [9.17, 15) is 4.79 Å². The molecule has 1 aromatic rings. The first kappa shape index (κ1) is 9.78. The molecule has 68 valence electrons. The number of rotatable bonds is 2. The first-order valence-electron chi connectivity index (χ1n) is 3.69. The van der Waals surface area contributed by atoms with Gasteiger partial charge in [-0.25, -0.2) is 4.79 Å². The molecular formula is C9H9NO2S. The Labute approximate surface area is 80.4 Å². The third-order valence-corrected chi connectivity index (χ3v) is 2.17. The Morgan fingerprint density at radius 3 is 3.08 bits per heavy atom. The maximum absolute atomic E-state index is 10.5. The summed E-state index contributed by atoms with van der Waals surface area (Å²) < 4.78 is 0. The highest BCUT2D eigenvalue weighted by atomic mass is 32.1. The summed E-state index contributed by atoms with van der Waals surface area (Å²) in [7, 11) is 1.81. The van der Waals surface area contributed by atoms with E-state index in [0.717, 1.165) is 4.88 Å². The minimum atomic E-state index is -0.905. The summed E-state index contributed by atoms with van der Waals surface area (Å²) in [4.78, 5) is 11.3. The van der Waals surface area contributed by atoms with E-state index < -0.39 is 5.97 Å². The molecule has 0 aliphatic carbocycles. The topological polar surface area (TPSA) is 49.3 Å². The van der Waals surface area contributed by atoms with Crippen molar-refractivity contribution in [3.8, 4) is 11.8 Å². The molecule has 0 radical (unpaired) electrons. The molecule has 1 aromatic heterocycles. The number of aromatic carboxylic acids is 1. The molecule has 0 fully saturated rings. The second kappa shape index (κ2) is 4.65. The summed E-state index contributed by atoms with van der Waals surface area (Å²) in [6, 6.07) is 1.58. The number of carboxylic acid groups (broad SMARTS) is 1. The van der Waals surface area contributed by atoms with Crippen LogP contribution in [0.4, 0.5) is 0 Å². The molecule has 0 aliphatic rings. The summed E-state index contributed by atoms with van der Waals surface area (Å²) >= 11 is 1.35. The van der Waals surface area contributed by atoms with E-state index in [1.807, 2.05) is 7.05 Å². The lowest BCUT2D eigenvalue weighted by molar-refractivity contribution is 0.0697. The molecule has 0 saturated heterocycles. The Balaban J connectivity index is 2.71. The Kier molecular flexibility index (Phi) is 3.50. The molecule has 3 nitrogen and oxygen atoms in total. The van der Waals surface area contributed by atoms with Gasteiger partial charge in [0.05, 0.1) is 17.0 Å². The van der Waals surface area contributed by atoms with Crippen LogP contribution in [0, 0.1) is 11.8 Å². The number of hydrogen-bond donors (Lipinski definition) is 2. The lowest BCUT2D eigenvalue weighted by atomic mass is 10.3. The van der Waals surface area contributed by atoms with Crippen molar-refractivity contribution < 1.29 is 9.90 Å². The predicted octanol–water partition coefficient (Wildman–Crippen LogP) is 1.02. The van der Waals surface area contributed by atoms with Gasteiger partial charge in [0.1, 0.15) is 0 Å². The molecule has 0 atom stereocenters. The van der Waals surface area contributed by atoms with Gasteiger partial charge in [-0.3, -0.25) is 0 Å². The van der Waals surface area contributed by atoms with Gasteiger partial charge < -0.3 is 10.4 Å². The fourth-order valence-corrected chi connectivity index (χ4v) is 1.48. The maximum atomic E-state index is 10.5. The molecule has 0 bridgehead atoms. The van der Waals surface area contributed by atoms with Gasteiger partial charge in [-0.2, -0.15) is 0 Å². The molecule has 0 amide bonds. The standard InChI is InChI=1S/C9H9NO2S/c1-10-4-2-3-8-5-7(6-13-8)9(11)12/h5-6,10H,4H2,1H3,(H,11,12). The van der Waals surface area contributed by atoms with Gasteiger partial charge in [0.2, 0.25) is 0 Å². The average molecular weight is 195 g/mol. The zero-order valence-corrected chi connectivity index (χ0v) is 7.94. The smallest absolute Gasteiger partial charge is 0.336 e. The molecule has 4 heteroatoms. The van der Waals surface area contributed by atoms with Crippen molar-refractivity contribution in [2.24, 2.45) is 0 Å². The summed E-state index contributed by atoms with van der Waals surface area (Å²) in [6.45, 7) is 0.611. The molecule has 0 unspecified atom stereocenters. The Morgan fingerprint density at radius 2 is 2.54 bits per heavy atom. The summed E-state index contributed by atoms with van der Waals surface area (Å²) in [5.41, 5.74) is 0.304. The van der Waals surface area contributed by atoms with Crippen LogP contribution in [0.25, 0.3) is 0 Å². The van der Waals surface area contributed by atoms with Crippen LogP contribution in [-0.4, -0.2) is 24.7 Å². The Morgan fingerprint density at radius 1 is 1.77 bits per heavy atom. The van der Waals surface area contributed by atoms with Crippen LogP contribution in [0.15, 0.2) is 11.4 Å². The largest absolute Gasteiger partial charge is 0.478 e. The zero-order chi connectivity index (χ0) is 9.68. The number of carbonyl (C=O) groups is 1. The van der Waals surface area contributed by atoms with Gasteiger partial charge in [0, 0.05) is 5.38 Å². The first-order valence-corrected chi connectivity index (χ1v) is 4.57. The highest BCUT2D eigenvalue weighted by Gasteiger charge is 2.03. The van der Waals surface area contributed by atoms with E-state index in [2.05, 4.69) is 17.2 Å². The van der Waals surface area contributed by atoms with E-state index in [0.29, 0.717) is 12.1 Å². The highest BCUT2D eigenvalue weighted by molar-refractivity contribution is 7.10. The van der Waals surface area contributed by atoms with Crippen molar-refractivity contribution in [2.45, 2.75) is 0 Å². The number of nitrogens with one attached hydrogen (secondary N) is 1. The van der Waals surface area contributed by atoms with E-state index in [-0.39, 0.29) is 0 Å². The molecule has 13 heavy (non-hydrogen) atoms. The SMILES string of the molecule is CNCC#Cc1cc(C(=O)O)cs1. The predicted molar refractivity (Wildman–Crippen MR) is 52.1 cm³/mol. The molecule has 0 aliphatic heterocycles. The van der Waals surface area contributed by atoms with Crippen molar-refractivity contribution >= 4 is 17.3 Å². The third-order valence-electron chi connectivity index (χ3n) is 1.32. The van der Waals surface area contributed by atoms with Crippen molar-refractivity contribution in [3.63, 3.8) is 0 Å². The zero-order valence-electron chi connectivity index (χ0n) is 7.13. The van der Waals surface area contributed by atoms with E-state index in [4.69, 9.17) is 5.11 Å². The minimum Gasteiger partial charge on any atom is -0.478 e. The van der Waals surface area contributed by atoms with Gasteiger partial charge in [-0.05, 0) is 13.1 Å². The maximum Gasteiger partial charge on any atom is 0.336 e. The molecule has 0 aromatic carbocycles. The molecule has 2 N–H and O–H groups in total. The average Bonchev–Trinajstić information content (AvgIpc) is 2.53. The van der Waals surface area contributed by atoms with Crippen LogP contribution in [0.5, 0.6) is 0 Å². The first-order chi connectivity index (χ1) is 6.24. The van der Waals surface area contributed by atoms with Crippen LogP contribution in [-0.2, 0) is 0 Å². The second-order valence-corrected chi connectivity index (χ2v) is 3.25. The number of hydrogen-bond acceptors (Lipinski definition) is 3. The monoisotopic (exact) mass is 195 g/mol. The van der Waals surface area contributed by atoms with Gasteiger partial charge in [0.15, 0.2) is 0 Å². The third kappa shape index (κ3) is 2.90. The van der Waals surface area contributed by atoms with Crippen LogP contribution >= 0.6 is 11.3 Å². The van der Waals surface area contributed by atoms with Crippen molar-refractivity contribution in [1.29, 1.82) is 0 Å². The quantitative estimate of drug-likeness (QED) is 0.693. The Hall–Kier alpha value is -1.31. The van der Waals surface area contributed by atoms with E-state index in [1.165, 1.54) is 11.3 Å². The summed E-state index contributed by atoms with van der Waals surface area (Å²) in [5.74, 6) is 4.82. The van der Waals surface area contributed by atoms with Crippen LogP contribution < -0.4 is 5.32 Å². The highest BCUT2D eigenvalue weighted by Crippen LogP contribution is 2.12. The molecular weight excluding hydrogens is 186 g/mol. The van der Waals surface area contributed by atoms with E-state index >= 15 is 0 Å². The van der Waals surface area contributed by atoms with Crippen molar-refractivity contribution in [2.75, 3.05) is 13.6 Å². The molecule has 0 spiro atoms. The number of thiophene rings is 1. The lowest BCUT2D eigenvalue weighted by Crippen LogP contribution is -2.04. The molecule has 1 rings (SSSR count). The second-order valence-electron chi connectivity index (χ2n) is 2.34. The fourth-order valence-electron chi connectivity index (χ4n) is 0.734. The normalized spacial score (nSPS) is 9.00.